The van der Waals surface area contributed by atoms with Gasteiger partial charge < -0.3 is 5.32 Å². The van der Waals surface area contributed by atoms with E-state index in [2.05, 4.69) is 20.8 Å². The van der Waals surface area contributed by atoms with Crippen LogP contribution in [0.15, 0.2) is 35.5 Å². The van der Waals surface area contributed by atoms with Crippen LogP contribution in [0.3, 0.4) is 0 Å². The van der Waals surface area contributed by atoms with Gasteiger partial charge in [0.1, 0.15) is 18.7 Å². The maximum Gasteiger partial charge on any atom is 0.293 e. The summed E-state index contributed by atoms with van der Waals surface area (Å²) in [6.45, 7) is 0.0364. The van der Waals surface area contributed by atoms with Crippen molar-refractivity contribution in [2.75, 3.05) is 13.1 Å². The summed E-state index contributed by atoms with van der Waals surface area (Å²) in [6, 6.07) is 5.97. The zero-order valence-electron chi connectivity index (χ0n) is 13.3. The van der Waals surface area contributed by atoms with Crippen LogP contribution in [0.2, 0.25) is 0 Å². The first-order valence-electron chi connectivity index (χ1n) is 7.52. The first kappa shape index (κ1) is 17.7. The van der Waals surface area contributed by atoms with Crippen molar-refractivity contribution in [3.63, 3.8) is 0 Å². The number of aromatic nitrogens is 4. The van der Waals surface area contributed by atoms with Crippen molar-refractivity contribution in [1.29, 1.82) is 0 Å². The Morgan fingerprint density at radius 2 is 2.12 bits per heavy atom. The lowest BCUT2D eigenvalue weighted by Gasteiger charge is -2.12. The van der Waals surface area contributed by atoms with E-state index in [0.29, 0.717) is 0 Å². The Morgan fingerprint density at radius 3 is 2.85 bits per heavy atom. The summed E-state index contributed by atoms with van der Waals surface area (Å²) in [5.74, 6) is -1.35. The minimum absolute atomic E-state index is 0.0145. The molecule has 1 saturated heterocycles. The molecule has 0 radical (unpaired) electrons. The van der Waals surface area contributed by atoms with Gasteiger partial charge in [-0.2, -0.15) is 0 Å². The molecule has 1 aliphatic heterocycles. The molecule has 134 valence electrons. The van der Waals surface area contributed by atoms with Crippen LogP contribution >= 0.6 is 11.8 Å². The third-order valence-corrected chi connectivity index (χ3v) is 4.33. The smallest absolute Gasteiger partial charge is 0.293 e. The molecule has 0 spiro atoms. The molecule has 1 aromatic heterocycles. The highest BCUT2D eigenvalue weighted by molar-refractivity contribution is 8.18. The number of amides is 3. The van der Waals surface area contributed by atoms with Crippen molar-refractivity contribution in [2.24, 2.45) is 0 Å². The van der Waals surface area contributed by atoms with Crippen LogP contribution in [-0.2, 0) is 16.1 Å². The number of carbonyl (C=O) groups excluding carboxylic acids is 3. The van der Waals surface area contributed by atoms with E-state index < -0.39 is 17.0 Å². The Kier molecular flexibility index (Phi) is 5.37. The summed E-state index contributed by atoms with van der Waals surface area (Å²) in [5.41, 5.74) is 0.229. The number of hydrogen-bond donors (Lipinski definition) is 1. The number of carbonyl (C=O) groups is 3. The maximum absolute atomic E-state index is 13.7. The molecule has 0 aliphatic carbocycles. The number of nitrogens with zero attached hydrogens (tertiary/aromatic N) is 5. The van der Waals surface area contributed by atoms with Gasteiger partial charge in [-0.25, -0.2) is 9.07 Å². The van der Waals surface area contributed by atoms with Gasteiger partial charge in [0, 0.05) is 18.7 Å². The van der Waals surface area contributed by atoms with Gasteiger partial charge in [0.2, 0.25) is 5.91 Å². The van der Waals surface area contributed by atoms with E-state index >= 15 is 0 Å². The summed E-state index contributed by atoms with van der Waals surface area (Å²) in [7, 11) is 0. The van der Waals surface area contributed by atoms with Crippen molar-refractivity contribution in [2.45, 2.75) is 6.54 Å². The lowest BCUT2D eigenvalue weighted by molar-refractivity contribution is -0.124. The number of tetrazole rings is 1. The highest BCUT2D eigenvalue weighted by atomic mass is 32.2. The zero-order chi connectivity index (χ0) is 18.5. The van der Waals surface area contributed by atoms with Crippen LogP contribution in [0.25, 0.3) is 6.08 Å². The molecule has 0 unspecified atom stereocenters. The summed E-state index contributed by atoms with van der Waals surface area (Å²) in [5, 5.41) is 12.5. The average Bonchev–Trinajstić information content (AvgIpc) is 3.20. The Morgan fingerprint density at radius 1 is 1.31 bits per heavy atom. The molecule has 11 heteroatoms. The van der Waals surface area contributed by atoms with Gasteiger partial charge in [0.05, 0.1) is 4.91 Å². The van der Waals surface area contributed by atoms with Gasteiger partial charge in [-0.3, -0.25) is 19.3 Å². The van der Waals surface area contributed by atoms with E-state index in [1.807, 2.05) is 0 Å². The van der Waals surface area contributed by atoms with Crippen molar-refractivity contribution >= 4 is 34.9 Å². The molecule has 0 bridgehead atoms. The molecule has 3 rings (SSSR count). The lowest BCUT2D eigenvalue weighted by Crippen LogP contribution is -2.38. The normalized spacial score (nSPS) is 15.7. The number of halogens is 1. The summed E-state index contributed by atoms with van der Waals surface area (Å²) in [6.07, 6.45) is 2.64. The molecular weight excluding hydrogens is 363 g/mol. The Balaban J connectivity index is 1.56. The van der Waals surface area contributed by atoms with E-state index in [-0.39, 0.29) is 36.0 Å². The van der Waals surface area contributed by atoms with Crippen LogP contribution in [0, 0.1) is 5.82 Å². The van der Waals surface area contributed by atoms with Gasteiger partial charge in [-0.1, -0.05) is 18.2 Å². The molecule has 1 N–H and O–H groups in total. The molecule has 1 aliphatic rings. The molecule has 9 nitrogen and oxygen atoms in total. The summed E-state index contributed by atoms with van der Waals surface area (Å²) >= 11 is 0.736. The maximum atomic E-state index is 13.7. The predicted molar refractivity (Wildman–Crippen MR) is 89.9 cm³/mol. The second-order valence-electron chi connectivity index (χ2n) is 5.21. The number of rotatable bonds is 6. The van der Waals surface area contributed by atoms with E-state index in [4.69, 9.17) is 0 Å². The molecule has 1 aromatic carbocycles. The minimum Gasteiger partial charge on any atom is -0.353 e. The van der Waals surface area contributed by atoms with Crippen LogP contribution in [0.1, 0.15) is 5.56 Å². The van der Waals surface area contributed by atoms with E-state index in [0.717, 1.165) is 16.7 Å². The zero-order valence-corrected chi connectivity index (χ0v) is 14.1. The van der Waals surface area contributed by atoms with E-state index in [1.54, 1.807) is 6.07 Å². The number of imide groups is 1. The highest BCUT2D eigenvalue weighted by Gasteiger charge is 2.34. The van der Waals surface area contributed by atoms with Gasteiger partial charge in [-0.05, 0) is 34.3 Å². The fourth-order valence-electron chi connectivity index (χ4n) is 2.19. The monoisotopic (exact) mass is 376 g/mol. The Bertz CT molecular complexity index is 870. The van der Waals surface area contributed by atoms with Gasteiger partial charge in [0.15, 0.2) is 0 Å². The molecule has 2 aromatic rings. The number of hydrogen-bond acceptors (Lipinski definition) is 7. The molecule has 2 heterocycles. The molecule has 1 fully saturated rings. The van der Waals surface area contributed by atoms with Gasteiger partial charge in [-0.15, -0.1) is 5.10 Å². The first-order chi connectivity index (χ1) is 12.5. The topological polar surface area (TPSA) is 110 Å². The second kappa shape index (κ2) is 7.87. The quantitative estimate of drug-likeness (QED) is 0.738. The fraction of sp³-hybridized carbons (Fsp3) is 0.200. The van der Waals surface area contributed by atoms with Crippen LogP contribution in [0.4, 0.5) is 9.18 Å². The van der Waals surface area contributed by atoms with Gasteiger partial charge in [0.25, 0.3) is 11.1 Å². The van der Waals surface area contributed by atoms with Gasteiger partial charge >= 0.3 is 0 Å². The molecule has 26 heavy (non-hydrogen) atoms. The second-order valence-corrected chi connectivity index (χ2v) is 6.21. The third-order valence-electron chi connectivity index (χ3n) is 3.42. The Hall–Kier alpha value is -3.08. The Labute approximate surface area is 151 Å². The molecule has 0 saturated carbocycles. The summed E-state index contributed by atoms with van der Waals surface area (Å²) < 4.78 is 14.9. The van der Waals surface area contributed by atoms with E-state index in [9.17, 15) is 18.8 Å². The first-order valence-corrected chi connectivity index (χ1v) is 8.33. The van der Waals surface area contributed by atoms with Crippen molar-refractivity contribution in [1.82, 2.24) is 30.4 Å². The predicted octanol–water partition coefficient (Wildman–Crippen LogP) is 0.665. The van der Waals surface area contributed by atoms with Crippen LogP contribution < -0.4 is 5.32 Å². The van der Waals surface area contributed by atoms with Crippen molar-refractivity contribution in [3.05, 3.63) is 46.9 Å². The van der Waals surface area contributed by atoms with E-state index in [1.165, 1.54) is 35.3 Å². The van der Waals surface area contributed by atoms with Crippen molar-refractivity contribution < 1.29 is 18.8 Å². The molecule has 0 atom stereocenters. The molecule has 3 amide bonds. The number of nitrogens with one attached hydrogen (secondary N) is 1. The van der Waals surface area contributed by atoms with Crippen molar-refractivity contribution in [3.8, 4) is 0 Å². The summed E-state index contributed by atoms with van der Waals surface area (Å²) in [4.78, 5) is 37.2. The largest absolute Gasteiger partial charge is 0.353 e. The third kappa shape index (κ3) is 4.11. The SMILES string of the molecule is O=C(Cn1cnnn1)NCCN1C(=O)SC(=Cc2ccccc2F)C1=O. The standard InChI is InChI=1S/C15H13FN6O3S/c16-11-4-2-1-3-10(11)7-12-14(24)22(15(25)26-12)6-5-17-13(23)8-21-9-18-19-20-21/h1-4,7,9H,5-6,8H2,(H,17,23). The fourth-order valence-corrected chi connectivity index (χ4v) is 3.04. The lowest BCUT2D eigenvalue weighted by atomic mass is 10.2. The number of thioether (sulfide) groups is 1. The average molecular weight is 376 g/mol. The van der Waals surface area contributed by atoms with Crippen LogP contribution in [-0.4, -0.2) is 55.3 Å². The molecular formula is C15H13FN6O3S. The number of benzene rings is 1. The highest BCUT2D eigenvalue weighted by Crippen LogP contribution is 2.32. The minimum atomic E-state index is -0.516. The van der Waals surface area contributed by atoms with Crippen LogP contribution in [0.5, 0.6) is 0 Å².